The summed E-state index contributed by atoms with van der Waals surface area (Å²) in [6.45, 7) is 1.04. The highest BCUT2D eigenvalue weighted by Gasteiger charge is 2.29. The molecule has 2 rings (SSSR count). The maximum atomic E-state index is 10.4. The van der Waals surface area contributed by atoms with E-state index >= 15 is 0 Å². The van der Waals surface area contributed by atoms with Gasteiger partial charge in [-0.3, -0.25) is 0 Å². The molecule has 0 bridgehead atoms. The van der Waals surface area contributed by atoms with Crippen molar-refractivity contribution in [2.24, 2.45) is 0 Å². The molecule has 1 fully saturated rings. The minimum Gasteiger partial charge on any atom is -0.497 e. The van der Waals surface area contributed by atoms with E-state index in [1.165, 1.54) is 0 Å². The summed E-state index contributed by atoms with van der Waals surface area (Å²) in [4.78, 5) is 2.19. The number of ether oxygens (including phenoxy) is 1. The fraction of sp³-hybridized carbons (Fsp3) is 0.538. The van der Waals surface area contributed by atoms with Gasteiger partial charge in [-0.15, -0.1) is 0 Å². The number of aliphatic hydroxyl groups excluding tert-OH is 1. The summed E-state index contributed by atoms with van der Waals surface area (Å²) in [6, 6.07) is 5.62. The Balaban J connectivity index is 2.21. The van der Waals surface area contributed by atoms with Crippen LogP contribution in [0.4, 0.5) is 5.69 Å². The molecule has 1 aromatic carbocycles. The molecular formula is C13H20N2O2. The minimum atomic E-state index is -0.520. The molecule has 1 saturated heterocycles. The van der Waals surface area contributed by atoms with Crippen molar-refractivity contribution in [1.82, 2.24) is 4.90 Å². The van der Waals surface area contributed by atoms with E-state index in [0.29, 0.717) is 5.69 Å². The van der Waals surface area contributed by atoms with E-state index in [1.807, 2.05) is 19.2 Å². The Kier molecular flexibility index (Phi) is 3.54. The Morgan fingerprint density at radius 3 is 2.82 bits per heavy atom. The summed E-state index contributed by atoms with van der Waals surface area (Å²) in [5.41, 5.74) is 7.34. The molecule has 4 nitrogen and oxygen atoms in total. The molecule has 1 aromatic rings. The monoisotopic (exact) mass is 236 g/mol. The number of hydrogen-bond donors (Lipinski definition) is 2. The predicted molar refractivity (Wildman–Crippen MR) is 68.0 cm³/mol. The summed E-state index contributed by atoms with van der Waals surface area (Å²) in [5.74, 6) is 0.721. The molecule has 17 heavy (non-hydrogen) atoms. The lowest BCUT2D eigenvalue weighted by molar-refractivity contribution is 0.0862. The lowest BCUT2D eigenvalue weighted by Gasteiger charge is -2.26. The Morgan fingerprint density at radius 1 is 1.53 bits per heavy atom. The average molecular weight is 236 g/mol. The van der Waals surface area contributed by atoms with Gasteiger partial charge in [0.1, 0.15) is 5.75 Å². The highest BCUT2D eigenvalue weighted by Crippen LogP contribution is 2.32. The maximum Gasteiger partial charge on any atom is 0.120 e. The normalized spacial score (nSPS) is 22.6. The van der Waals surface area contributed by atoms with Crippen LogP contribution in [0.15, 0.2) is 18.2 Å². The molecule has 2 unspecified atom stereocenters. The van der Waals surface area contributed by atoms with Gasteiger partial charge in [0.2, 0.25) is 0 Å². The molecule has 0 aromatic heterocycles. The van der Waals surface area contributed by atoms with Gasteiger partial charge in [0.05, 0.1) is 13.2 Å². The molecule has 3 N–H and O–H groups in total. The number of hydrogen-bond acceptors (Lipinski definition) is 4. The van der Waals surface area contributed by atoms with Crippen molar-refractivity contribution in [3.8, 4) is 5.75 Å². The second-order valence-corrected chi connectivity index (χ2v) is 4.63. The lowest BCUT2D eigenvalue weighted by atomic mass is 9.99. The van der Waals surface area contributed by atoms with E-state index in [9.17, 15) is 5.11 Å². The summed E-state index contributed by atoms with van der Waals surface area (Å²) in [7, 11) is 3.65. The Bertz CT molecular complexity index is 395. The number of methoxy groups -OCH3 is 1. The number of nitrogen functional groups attached to an aromatic ring is 1. The van der Waals surface area contributed by atoms with Crippen molar-refractivity contribution < 1.29 is 9.84 Å². The molecule has 0 spiro atoms. The number of likely N-dealkylation sites (N-methyl/N-ethyl adjacent to an activating group) is 1. The first kappa shape index (κ1) is 12.2. The van der Waals surface area contributed by atoms with Crippen molar-refractivity contribution in [3.63, 3.8) is 0 Å². The van der Waals surface area contributed by atoms with Crippen LogP contribution in [0.2, 0.25) is 0 Å². The van der Waals surface area contributed by atoms with Crippen LogP contribution < -0.4 is 10.5 Å². The largest absolute Gasteiger partial charge is 0.497 e. The highest BCUT2D eigenvalue weighted by atomic mass is 16.5. The SMILES string of the molecule is COc1ccc(C(O)C2CCCN2C)c(N)c1. The second kappa shape index (κ2) is 4.94. The number of nitrogens with zero attached hydrogens (tertiary/aromatic N) is 1. The van der Waals surface area contributed by atoms with Gasteiger partial charge in [0, 0.05) is 23.4 Å². The van der Waals surface area contributed by atoms with Crippen LogP contribution in [0.5, 0.6) is 5.75 Å². The third-order valence-corrected chi connectivity index (χ3v) is 3.55. The van der Waals surface area contributed by atoms with E-state index in [4.69, 9.17) is 10.5 Å². The first-order valence-corrected chi connectivity index (χ1v) is 5.95. The number of anilines is 1. The molecule has 0 radical (unpaired) electrons. The Labute approximate surface area is 102 Å². The number of likely N-dealkylation sites (tertiary alicyclic amines) is 1. The molecule has 0 amide bonds. The van der Waals surface area contributed by atoms with Gasteiger partial charge in [-0.2, -0.15) is 0 Å². The smallest absolute Gasteiger partial charge is 0.120 e. The molecule has 94 valence electrons. The van der Waals surface area contributed by atoms with Crippen LogP contribution in [-0.2, 0) is 0 Å². The van der Waals surface area contributed by atoms with Crippen molar-refractivity contribution >= 4 is 5.69 Å². The van der Waals surface area contributed by atoms with Gasteiger partial charge in [-0.1, -0.05) is 6.07 Å². The van der Waals surface area contributed by atoms with Crippen LogP contribution in [-0.4, -0.2) is 36.8 Å². The topological polar surface area (TPSA) is 58.7 Å². The summed E-state index contributed by atoms with van der Waals surface area (Å²) in [5, 5.41) is 10.4. The van der Waals surface area contributed by atoms with Gasteiger partial charge in [-0.05, 0) is 32.5 Å². The van der Waals surface area contributed by atoms with Gasteiger partial charge < -0.3 is 20.5 Å². The van der Waals surface area contributed by atoms with Crippen LogP contribution in [0.25, 0.3) is 0 Å². The first-order chi connectivity index (χ1) is 8.13. The van der Waals surface area contributed by atoms with Crippen molar-refractivity contribution in [1.29, 1.82) is 0 Å². The number of aliphatic hydroxyl groups is 1. The van der Waals surface area contributed by atoms with Crippen LogP contribution >= 0.6 is 0 Å². The fourth-order valence-corrected chi connectivity index (χ4v) is 2.49. The third kappa shape index (κ3) is 2.37. The summed E-state index contributed by atoms with van der Waals surface area (Å²) in [6.07, 6.45) is 1.63. The van der Waals surface area contributed by atoms with Gasteiger partial charge >= 0.3 is 0 Å². The molecule has 1 heterocycles. The van der Waals surface area contributed by atoms with E-state index in [2.05, 4.69) is 4.90 Å². The Hall–Kier alpha value is -1.26. The van der Waals surface area contributed by atoms with Gasteiger partial charge in [0.15, 0.2) is 0 Å². The van der Waals surface area contributed by atoms with Crippen molar-refractivity contribution in [2.75, 3.05) is 26.4 Å². The van der Waals surface area contributed by atoms with Crippen molar-refractivity contribution in [3.05, 3.63) is 23.8 Å². The zero-order valence-electron chi connectivity index (χ0n) is 10.4. The summed E-state index contributed by atoms with van der Waals surface area (Å²) >= 11 is 0. The quantitative estimate of drug-likeness (QED) is 0.779. The van der Waals surface area contributed by atoms with Crippen LogP contribution in [0, 0.1) is 0 Å². The minimum absolute atomic E-state index is 0.172. The maximum absolute atomic E-state index is 10.4. The van der Waals surface area contributed by atoms with Gasteiger partial charge in [-0.25, -0.2) is 0 Å². The third-order valence-electron chi connectivity index (χ3n) is 3.55. The molecule has 4 heteroatoms. The molecule has 1 aliphatic rings. The molecular weight excluding hydrogens is 216 g/mol. The molecule has 0 aliphatic carbocycles. The average Bonchev–Trinajstić information content (AvgIpc) is 2.74. The number of benzene rings is 1. The van der Waals surface area contributed by atoms with Crippen LogP contribution in [0.3, 0.4) is 0 Å². The zero-order valence-corrected chi connectivity index (χ0v) is 10.4. The number of rotatable bonds is 3. The van der Waals surface area contributed by atoms with Crippen LogP contribution in [0.1, 0.15) is 24.5 Å². The fourth-order valence-electron chi connectivity index (χ4n) is 2.49. The Morgan fingerprint density at radius 2 is 2.29 bits per heavy atom. The van der Waals surface area contributed by atoms with Gasteiger partial charge in [0.25, 0.3) is 0 Å². The second-order valence-electron chi connectivity index (χ2n) is 4.63. The number of nitrogens with two attached hydrogens (primary N) is 1. The molecule has 0 saturated carbocycles. The van der Waals surface area contributed by atoms with E-state index in [1.54, 1.807) is 13.2 Å². The summed E-state index contributed by atoms with van der Waals surface area (Å²) < 4.78 is 5.10. The highest BCUT2D eigenvalue weighted by molar-refractivity contribution is 5.52. The van der Waals surface area contributed by atoms with E-state index < -0.39 is 6.10 Å². The van der Waals surface area contributed by atoms with Crippen molar-refractivity contribution in [2.45, 2.75) is 25.0 Å². The zero-order chi connectivity index (χ0) is 12.4. The van der Waals surface area contributed by atoms with E-state index in [-0.39, 0.29) is 6.04 Å². The van der Waals surface area contributed by atoms with E-state index in [0.717, 1.165) is 30.7 Å². The molecule has 1 aliphatic heterocycles. The predicted octanol–water partition coefficient (Wildman–Crippen LogP) is 1.41. The first-order valence-electron chi connectivity index (χ1n) is 5.95. The molecule has 2 atom stereocenters. The standard InChI is InChI=1S/C13H20N2O2/c1-15-7-3-4-12(15)13(16)10-6-5-9(17-2)8-11(10)14/h5-6,8,12-13,16H,3-4,7,14H2,1-2H3. The lowest BCUT2D eigenvalue weighted by Crippen LogP contribution is -2.31.